The summed E-state index contributed by atoms with van der Waals surface area (Å²) in [7, 11) is 0. The largest absolute Gasteiger partial charge is 0.481 e. The van der Waals surface area contributed by atoms with E-state index in [2.05, 4.69) is 0 Å². The molecule has 0 spiro atoms. The Morgan fingerprint density at radius 1 is 1.12 bits per heavy atom. The predicted octanol–water partition coefficient (Wildman–Crippen LogP) is 3.32. The molecule has 1 fully saturated rings. The van der Waals surface area contributed by atoms with Crippen LogP contribution >= 0.6 is 0 Å². The summed E-state index contributed by atoms with van der Waals surface area (Å²) in [6.07, 6.45) is -4.65. The lowest BCUT2D eigenvalue weighted by Crippen LogP contribution is -2.34. The number of amides is 1. The van der Waals surface area contributed by atoms with Gasteiger partial charge in [0.05, 0.1) is 11.8 Å². The van der Waals surface area contributed by atoms with E-state index in [4.69, 9.17) is 5.11 Å². The van der Waals surface area contributed by atoms with Crippen LogP contribution in [0.3, 0.4) is 0 Å². The Balaban J connectivity index is 2.34. The van der Waals surface area contributed by atoms with Crippen LogP contribution in [0.15, 0.2) is 24.3 Å². The topological polar surface area (TPSA) is 57.6 Å². The molecular formula is C17H20F3NO3. The van der Waals surface area contributed by atoms with Gasteiger partial charge in [0.25, 0.3) is 5.91 Å². The number of rotatable bonds is 2. The number of carboxylic acid groups (broad SMARTS) is 1. The molecule has 1 aliphatic heterocycles. The van der Waals surface area contributed by atoms with Crippen LogP contribution in [-0.4, -0.2) is 41.1 Å². The zero-order valence-corrected chi connectivity index (χ0v) is 13.7. The number of carboxylic acids is 1. The van der Waals surface area contributed by atoms with Gasteiger partial charge in [-0.15, -0.1) is 0 Å². The summed E-state index contributed by atoms with van der Waals surface area (Å²) in [6, 6.07) is 6.74. The highest BCUT2D eigenvalue weighted by Gasteiger charge is 2.53. The minimum absolute atomic E-state index is 0.317. The molecule has 1 amide bonds. The molecule has 7 heteroatoms. The average Bonchev–Trinajstić information content (AvgIpc) is 2.91. The summed E-state index contributed by atoms with van der Waals surface area (Å²) < 4.78 is 39.2. The number of benzene rings is 1. The Labute approximate surface area is 138 Å². The maximum atomic E-state index is 13.1. The van der Waals surface area contributed by atoms with Crippen LogP contribution in [0.4, 0.5) is 13.2 Å². The maximum absolute atomic E-state index is 13.1. The second-order valence-electron chi connectivity index (χ2n) is 7.10. The van der Waals surface area contributed by atoms with E-state index < -0.39 is 43.0 Å². The highest BCUT2D eigenvalue weighted by Crippen LogP contribution is 2.38. The first-order chi connectivity index (χ1) is 10.9. The molecular weight excluding hydrogens is 323 g/mol. The lowest BCUT2D eigenvalue weighted by Gasteiger charge is -2.25. The van der Waals surface area contributed by atoms with Crippen molar-refractivity contribution in [1.82, 2.24) is 4.90 Å². The molecule has 24 heavy (non-hydrogen) atoms. The van der Waals surface area contributed by atoms with Gasteiger partial charge < -0.3 is 10.0 Å². The zero-order valence-electron chi connectivity index (χ0n) is 13.7. The number of nitrogens with zero attached hydrogens (tertiary/aromatic N) is 1. The smallest absolute Gasteiger partial charge is 0.394 e. The molecule has 2 rings (SSSR count). The Morgan fingerprint density at radius 3 is 2.17 bits per heavy atom. The fraction of sp³-hybridized carbons (Fsp3) is 0.529. The first kappa shape index (κ1) is 18.3. The van der Waals surface area contributed by atoms with Gasteiger partial charge in [0.15, 0.2) is 0 Å². The van der Waals surface area contributed by atoms with E-state index in [0.717, 1.165) is 10.5 Å². The average molecular weight is 343 g/mol. The highest BCUT2D eigenvalue weighted by atomic mass is 19.4. The van der Waals surface area contributed by atoms with Crippen molar-refractivity contribution in [3.63, 3.8) is 0 Å². The van der Waals surface area contributed by atoms with Gasteiger partial charge >= 0.3 is 12.1 Å². The van der Waals surface area contributed by atoms with Crippen molar-refractivity contribution in [3.8, 4) is 0 Å². The first-order valence-electron chi connectivity index (χ1n) is 7.61. The van der Waals surface area contributed by atoms with Crippen molar-refractivity contribution in [2.45, 2.75) is 32.4 Å². The number of halogens is 3. The lowest BCUT2D eigenvalue weighted by atomic mass is 9.83. The fourth-order valence-electron chi connectivity index (χ4n) is 3.05. The predicted molar refractivity (Wildman–Crippen MR) is 81.7 cm³/mol. The number of aliphatic carboxylic acids is 1. The van der Waals surface area contributed by atoms with Crippen LogP contribution in [0.1, 0.15) is 36.7 Å². The summed E-state index contributed by atoms with van der Waals surface area (Å²) in [5.74, 6) is -5.76. The second-order valence-corrected chi connectivity index (χ2v) is 7.10. The number of alkyl halides is 3. The minimum Gasteiger partial charge on any atom is -0.481 e. The Kier molecular flexibility index (Phi) is 4.65. The number of hydrogen-bond donors (Lipinski definition) is 1. The third-order valence-electron chi connectivity index (χ3n) is 4.31. The molecule has 1 aliphatic rings. The standard InChI is InChI=1S/C17H20F3NO3/c1-16(2,3)12-7-5-4-6-10(12)14(22)21-8-11(15(23)24)13(9-21)17(18,19)20/h4-7,11,13H,8-9H2,1-3H3,(H,23,24)/t11-,13-/m1/s1. The van der Waals surface area contributed by atoms with Crippen LogP contribution in [0, 0.1) is 11.8 Å². The van der Waals surface area contributed by atoms with E-state index in [-0.39, 0.29) is 5.41 Å². The van der Waals surface area contributed by atoms with Gasteiger partial charge in [0, 0.05) is 18.7 Å². The van der Waals surface area contributed by atoms with Crippen molar-refractivity contribution in [2.75, 3.05) is 13.1 Å². The van der Waals surface area contributed by atoms with Crippen LogP contribution in [0.5, 0.6) is 0 Å². The summed E-state index contributed by atoms with van der Waals surface area (Å²) in [5.41, 5.74) is 0.677. The second kappa shape index (κ2) is 6.11. The highest BCUT2D eigenvalue weighted by molar-refractivity contribution is 5.96. The molecule has 132 valence electrons. The number of hydrogen-bond acceptors (Lipinski definition) is 2. The van der Waals surface area contributed by atoms with Gasteiger partial charge in [-0.3, -0.25) is 9.59 Å². The third kappa shape index (κ3) is 3.55. The van der Waals surface area contributed by atoms with Crippen molar-refractivity contribution < 1.29 is 27.9 Å². The van der Waals surface area contributed by atoms with Gasteiger partial charge in [0.1, 0.15) is 0 Å². The van der Waals surface area contributed by atoms with Crippen molar-refractivity contribution in [1.29, 1.82) is 0 Å². The molecule has 1 saturated heterocycles. The summed E-state index contributed by atoms with van der Waals surface area (Å²) in [5, 5.41) is 9.06. The lowest BCUT2D eigenvalue weighted by molar-refractivity contribution is -0.187. The van der Waals surface area contributed by atoms with Gasteiger partial charge in [-0.05, 0) is 17.0 Å². The molecule has 4 nitrogen and oxygen atoms in total. The van der Waals surface area contributed by atoms with Crippen molar-refractivity contribution >= 4 is 11.9 Å². The van der Waals surface area contributed by atoms with E-state index in [0.29, 0.717) is 5.56 Å². The molecule has 1 aromatic carbocycles. The summed E-state index contributed by atoms with van der Waals surface area (Å²) in [4.78, 5) is 24.9. The molecule has 0 unspecified atom stereocenters. The molecule has 0 saturated carbocycles. The fourth-order valence-corrected chi connectivity index (χ4v) is 3.05. The third-order valence-corrected chi connectivity index (χ3v) is 4.31. The van der Waals surface area contributed by atoms with Crippen LogP contribution < -0.4 is 0 Å². The van der Waals surface area contributed by atoms with E-state index in [1.165, 1.54) is 0 Å². The minimum atomic E-state index is -4.65. The molecule has 1 heterocycles. The Bertz CT molecular complexity index is 649. The SMILES string of the molecule is CC(C)(C)c1ccccc1C(=O)N1C[C@@H](C(F)(F)F)[C@H](C(=O)O)C1. The Hall–Kier alpha value is -2.05. The van der Waals surface area contributed by atoms with Crippen molar-refractivity contribution in [3.05, 3.63) is 35.4 Å². The molecule has 1 aromatic rings. The number of carbonyl (C=O) groups excluding carboxylic acids is 1. The first-order valence-corrected chi connectivity index (χ1v) is 7.61. The zero-order chi connectivity index (χ0) is 18.3. The van der Waals surface area contributed by atoms with E-state index in [1.807, 2.05) is 20.8 Å². The number of carbonyl (C=O) groups is 2. The van der Waals surface area contributed by atoms with E-state index in [9.17, 15) is 22.8 Å². The van der Waals surface area contributed by atoms with Crippen molar-refractivity contribution in [2.24, 2.45) is 11.8 Å². The molecule has 2 atom stereocenters. The Morgan fingerprint density at radius 2 is 1.71 bits per heavy atom. The molecule has 0 aliphatic carbocycles. The van der Waals surface area contributed by atoms with Gasteiger partial charge in [0.2, 0.25) is 0 Å². The van der Waals surface area contributed by atoms with Gasteiger partial charge in [-0.25, -0.2) is 0 Å². The van der Waals surface area contributed by atoms with Crippen LogP contribution in [0.25, 0.3) is 0 Å². The monoisotopic (exact) mass is 343 g/mol. The van der Waals surface area contributed by atoms with Gasteiger partial charge in [-0.2, -0.15) is 13.2 Å². The van der Waals surface area contributed by atoms with Gasteiger partial charge in [-0.1, -0.05) is 39.0 Å². The summed E-state index contributed by atoms with van der Waals surface area (Å²) in [6.45, 7) is 4.65. The van der Waals surface area contributed by atoms with E-state index >= 15 is 0 Å². The maximum Gasteiger partial charge on any atom is 0.394 e. The van der Waals surface area contributed by atoms with Crippen LogP contribution in [0.2, 0.25) is 0 Å². The van der Waals surface area contributed by atoms with E-state index in [1.54, 1.807) is 24.3 Å². The molecule has 0 aromatic heterocycles. The summed E-state index contributed by atoms with van der Waals surface area (Å²) >= 11 is 0. The normalized spacial score (nSPS) is 21.8. The number of likely N-dealkylation sites (tertiary alicyclic amines) is 1. The molecule has 0 bridgehead atoms. The molecule has 0 radical (unpaired) electrons. The van der Waals surface area contributed by atoms with Crippen LogP contribution in [-0.2, 0) is 10.2 Å². The molecule has 1 N–H and O–H groups in total. The quantitative estimate of drug-likeness (QED) is 0.896.